The lowest BCUT2D eigenvalue weighted by Gasteiger charge is -2.07. The van der Waals surface area contributed by atoms with E-state index in [9.17, 15) is 0 Å². The van der Waals surface area contributed by atoms with Crippen molar-refractivity contribution in [2.75, 3.05) is 11.9 Å². The Kier molecular flexibility index (Phi) is 4.45. The van der Waals surface area contributed by atoms with Gasteiger partial charge in [0.25, 0.3) is 0 Å². The van der Waals surface area contributed by atoms with Crippen LogP contribution >= 0.6 is 27.5 Å². The van der Waals surface area contributed by atoms with Crippen LogP contribution in [0.5, 0.6) is 0 Å². The van der Waals surface area contributed by atoms with E-state index in [-0.39, 0.29) is 5.38 Å². The van der Waals surface area contributed by atoms with E-state index in [0.29, 0.717) is 12.5 Å². The van der Waals surface area contributed by atoms with Crippen molar-refractivity contribution in [3.8, 4) is 0 Å². The molecule has 72 valence electrons. The lowest BCUT2D eigenvalue weighted by Crippen LogP contribution is -2.14. The molecule has 0 fully saturated rings. The minimum absolute atomic E-state index is 0.132. The molecule has 0 saturated carbocycles. The zero-order valence-electron chi connectivity index (χ0n) is 7.30. The zero-order chi connectivity index (χ0) is 9.68. The standard InChI is InChI=1S/C8H11BrClN3/c1-2-7(10)5-13-8-11-3-6(9)4-12-8/h3-4,7H,2,5H2,1H3,(H,11,12,13). The van der Waals surface area contributed by atoms with Gasteiger partial charge in [-0.05, 0) is 22.4 Å². The number of aromatic nitrogens is 2. The van der Waals surface area contributed by atoms with Gasteiger partial charge >= 0.3 is 0 Å². The van der Waals surface area contributed by atoms with Crippen molar-refractivity contribution < 1.29 is 0 Å². The lowest BCUT2D eigenvalue weighted by atomic mass is 10.3. The van der Waals surface area contributed by atoms with Crippen LogP contribution in [0.4, 0.5) is 5.95 Å². The number of rotatable bonds is 4. The predicted octanol–water partition coefficient (Wildman–Crippen LogP) is 2.67. The molecule has 0 bridgehead atoms. The van der Waals surface area contributed by atoms with E-state index >= 15 is 0 Å². The van der Waals surface area contributed by atoms with Gasteiger partial charge < -0.3 is 5.32 Å². The third kappa shape index (κ3) is 3.91. The molecule has 0 aliphatic rings. The molecule has 1 rings (SSSR count). The topological polar surface area (TPSA) is 37.8 Å². The van der Waals surface area contributed by atoms with Crippen molar-refractivity contribution in [2.45, 2.75) is 18.7 Å². The summed E-state index contributed by atoms with van der Waals surface area (Å²) in [7, 11) is 0. The molecule has 0 amide bonds. The van der Waals surface area contributed by atoms with Gasteiger partial charge in [0.05, 0.1) is 9.85 Å². The van der Waals surface area contributed by atoms with Gasteiger partial charge in [0, 0.05) is 18.9 Å². The molecule has 1 aromatic heterocycles. The molecular formula is C8H11BrClN3. The highest BCUT2D eigenvalue weighted by Crippen LogP contribution is 2.07. The van der Waals surface area contributed by atoms with Crippen molar-refractivity contribution in [3.05, 3.63) is 16.9 Å². The van der Waals surface area contributed by atoms with Gasteiger partial charge in [-0.3, -0.25) is 0 Å². The molecule has 0 aliphatic heterocycles. The Bertz CT molecular complexity index is 252. The average Bonchev–Trinajstić information content (AvgIpc) is 2.16. The fourth-order valence-electron chi connectivity index (χ4n) is 0.750. The van der Waals surface area contributed by atoms with E-state index in [1.165, 1.54) is 0 Å². The maximum absolute atomic E-state index is 5.92. The Balaban J connectivity index is 2.41. The first-order valence-electron chi connectivity index (χ1n) is 4.08. The van der Waals surface area contributed by atoms with Crippen LogP contribution in [0.3, 0.4) is 0 Å². The summed E-state index contributed by atoms with van der Waals surface area (Å²) in [6, 6.07) is 0. The van der Waals surface area contributed by atoms with E-state index in [1.54, 1.807) is 12.4 Å². The van der Waals surface area contributed by atoms with Crippen LogP contribution in [0.25, 0.3) is 0 Å². The highest BCUT2D eigenvalue weighted by molar-refractivity contribution is 9.10. The molecule has 3 nitrogen and oxygen atoms in total. The normalized spacial score (nSPS) is 12.5. The number of alkyl halides is 1. The third-order valence-corrected chi connectivity index (χ3v) is 2.42. The van der Waals surface area contributed by atoms with Crippen LogP contribution in [0, 0.1) is 0 Å². The largest absolute Gasteiger partial charge is 0.353 e. The quantitative estimate of drug-likeness (QED) is 0.850. The van der Waals surface area contributed by atoms with Crippen LogP contribution < -0.4 is 5.32 Å². The van der Waals surface area contributed by atoms with Crippen LogP contribution in [0.1, 0.15) is 13.3 Å². The molecule has 0 aromatic carbocycles. The van der Waals surface area contributed by atoms with Gasteiger partial charge in [0.15, 0.2) is 0 Å². The van der Waals surface area contributed by atoms with Crippen molar-refractivity contribution >= 4 is 33.5 Å². The highest BCUT2D eigenvalue weighted by atomic mass is 79.9. The Hall–Kier alpha value is -0.350. The van der Waals surface area contributed by atoms with Crippen LogP contribution in [-0.2, 0) is 0 Å². The highest BCUT2D eigenvalue weighted by Gasteiger charge is 2.01. The minimum atomic E-state index is 0.132. The van der Waals surface area contributed by atoms with E-state index in [0.717, 1.165) is 10.9 Å². The molecule has 1 atom stereocenters. The maximum Gasteiger partial charge on any atom is 0.222 e. The number of halogens is 2. The predicted molar refractivity (Wildman–Crippen MR) is 58.2 cm³/mol. The van der Waals surface area contributed by atoms with Crippen LogP contribution in [0.15, 0.2) is 16.9 Å². The Morgan fingerprint density at radius 3 is 2.69 bits per heavy atom. The first-order chi connectivity index (χ1) is 6.22. The molecule has 5 heteroatoms. The van der Waals surface area contributed by atoms with E-state index < -0.39 is 0 Å². The monoisotopic (exact) mass is 263 g/mol. The number of hydrogen-bond acceptors (Lipinski definition) is 3. The summed E-state index contributed by atoms with van der Waals surface area (Å²) in [6.45, 7) is 2.74. The molecule has 1 heterocycles. The summed E-state index contributed by atoms with van der Waals surface area (Å²) in [5.41, 5.74) is 0. The summed E-state index contributed by atoms with van der Waals surface area (Å²) in [6.07, 6.45) is 4.33. The summed E-state index contributed by atoms with van der Waals surface area (Å²) in [5, 5.41) is 3.18. The first-order valence-corrected chi connectivity index (χ1v) is 5.30. The Morgan fingerprint density at radius 2 is 2.15 bits per heavy atom. The number of nitrogens with zero attached hydrogens (tertiary/aromatic N) is 2. The molecule has 1 N–H and O–H groups in total. The smallest absolute Gasteiger partial charge is 0.222 e. The second-order valence-electron chi connectivity index (χ2n) is 2.61. The van der Waals surface area contributed by atoms with Crippen LogP contribution in [-0.4, -0.2) is 21.9 Å². The van der Waals surface area contributed by atoms with Gasteiger partial charge in [-0.1, -0.05) is 6.92 Å². The summed E-state index contributed by atoms with van der Waals surface area (Å²) in [4.78, 5) is 8.11. The molecule has 0 radical (unpaired) electrons. The second-order valence-corrected chi connectivity index (χ2v) is 4.14. The number of hydrogen-bond donors (Lipinski definition) is 1. The van der Waals surface area contributed by atoms with E-state index in [1.807, 2.05) is 6.92 Å². The molecule has 0 aliphatic carbocycles. The first kappa shape index (κ1) is 10.7. The Labute approximate surface area is 91.1 Å². The molecule has 1 unspecified atom stereocenters. The molecule has 13 heavy (non-hydrogen) atoms. The summed E-state index contributed by atoms with van der Waals surface area (Å²) >= 11 is 9.18. The summed E-state index contributed by atoms with van der Waals surface area (Å²) in [5.74, 6) is 0.613. The average molecular weight is 265 g/mol. The molecule has 0 saturated heterocycles. The van der Waals surface area contributed by atoms with Gasteiger partial charge in [-0.25, -0.2) is 9.97 Å². The SMILES string of the molecule is CCC(Cl)CNc1ncc(Br)cn1. The number of anilines is 1. The molecular weight excluding hydrogens is 253 g/mol. The maximum atomic E-state index is 5.92. The van der Waals surface area contributed by atoms with E-state index in [2.05, 4.69) is 31.2 Å². The molecule has 1 aromatic rings. The fourth-order valence-corrected chi connectivity index (χ4v) is 1.03. The van der Waals surface area contributed by atoms with Crippen molar-refractivity contribution in [2.24, 2.45) is 0 Å². The minimum Gasteiger partial charge on any atom is -0.353 e. The van der Waals surface area contributed by atoms with E-state index in [4.69, 9.17) is 11.6 Å². The number of nitrogens with one attached hydrogen (secondary N) is 1. The lowest BCUT2D eigenvalue weighted by molar-refractivity contribution is 0.835. The Morgan fingerprint density at radius 1 is 1.54 bits per heavy atom. The second kappa shape index (κ2) is 5.40. The van der Waals surface area contributed by atoms with Gasteiger partial charge in [-0.15, -0.1) is 11.6 Å². The molecule has 0 spiro atoms. The van der Waals surface area contributed by atoms with Crippen LogP contribution in [0.2, 0.25) is 0 Å². The fraction of sp³-hybridized carbons (Fsp3) is 0.500. The van der Waals surface area contributed by atoms with Crippen molar-refractivity contribution in [1.82, 2.24) is 9.97 Å². The third-order valence-electron chi connectivity index (χ3n) is 1.54. The van der Waals surface area contributed by atoms with Gasteiger partial charge in [-0.2, -0.15) is 0 Å². The van der Waals surface area contributed by atoms with Gasteiger partial charge in [0.1, 0.15) is 0 Å². The zero-order valence-corrected chi connectivity index (χ0v) is 9.64. The van der Waals surface area contributed by atoms with Crippen molar-refractivity contribution in [3.63, 3.8) is 0 Å². The van der Waals surface area contributed by atoms with Crippen molar-refractivity contribution in [1.29, 1.82) is 0 Å². The summed E-state index contributed by atoms with van der Waals surface area (Å²) < 4.78 is 0.871. The van der Waals surface area contributed by atoms with Gasteiger partial charge in [0.2, 0.25) is 5.95 Å².